The Morgan fingerprint density at radius 1 is 1.45 bits per heavy atom. The van der Waals surface area contributed by atoms with E-state index in [-0.39, 0.29) is 23.4 Å². The summed E-state index contributed by atoms with van der Waals surface area (Å²) in [4.78, 5) is 0.111. The zero-order valence-electron chi connectivity index (χ0n) is 11.8. The fraction of sp³-hybridized carbons (Fsp3) is 0.692. The number of aryl methyl sites for hydroxylation is 1. The van der Waals surface area contributed by atoms with E-state index >= 15 is 0 Å². The Labute approximate surface area is 119 Å². The number of ether oxygens (including phenoxy) is 1. The van der Waals surface area contributed by atoms with Gasteiger partial charge < -0.3 is 14.3 Å². The average molecular weight is 303 g/mol. The molecular formula is C13H21NO5S. The van der Waals surface area contributed by atoms with Gasteiger partial charge in [-0.2, -0.15) is 4.31 Å². The zero-order chi connectivity index (χ0) is 14.8. The maximum Gasteiger partial charge on any atom is 0.246 e. The van der Waals surface area contributed by atoms with E-state index < -0.39 is 10.0 Å². The van der Waals surface area contributed by atoms with Crippen LogP contribution < -0.4 is 0 Å². The summed E-state index contributed by atoms with van der Waals surface area (Å²) in [5.74, 6) is 0.550. The molecular weight excluding hydrogens is 282 g/mol. The van der Waals surface area contributed by atoms with E-state index in [1.54, 1.807) is 14.0 Å². The number of hydrogen-bond donors (Lipinski definition) is 1. The number of aliphatic hydroxyl groups excluding tert-OH is 1. The largest absolute Gasteiger partial charge is 0.462 e. The van der Waals surface area contributed by atoms with Crippen molar-refractivity contribution in [2.45, 2.75) is 43.8 Å². The molecule has 0 aromatic carbocycles. The highest BCUT2D eigenvalue weighted by Crippen LogP contribution is 2.24. The molecule has 1 N–H and O–H groups in total. The van der Waals surface area contributed by atoms with Crippen LogP contribution in [0.15, 0.2) is 15.4 Å². The molecule has 0 bridgehead atoms. The van der Waals surface area contributed by atoms with Crippen molar-refractivity contribution in [2.24, 2.45) is 0 Å². The van der Waals surface area contributed by atoms with Crippen molar-refractivity contribution in [3.05, 3.63) is 17.6 Å². The Morgan fingerprint density at radius 3 is 2.75 bits per heavy atom. The van der Waals surface area contributed by atoms with Gasteiger partial charge in [0.2, 0.25) is 10.0 Å². The fourth-order valence-corrected chi connectivity index (χ4v) is 3.75. The van der Waals surface area contributed by atoms with Crippen molar-refractivity contribution in [3.63, 3.8) is 0 Å². The van der Waals surface area contributed by atoms with Gasteiger partial charge in [0.1, 0.15) is 23.0 Å². The number of nitrogens with zero attached hydrogens (tertiary/aromatic N) is 1. The lowest BCUT2D eigenvalue weighted by Gasteiger charge is -2.26. The predicted octanol–water partition coefficient (Wildman–Crippen LogP) is 1.27. The summed E-state index contributed by atoms with van der Waals surface area (Å²) in [6.45, 7) is 2.29. The van der Waals surface area contributed by atoms with E-state index in [9.17, 15) is 8.42 Å². The van der Waals surface area contributed by atoms with Crippen LogP contribution in [0.3, 0.4) is 0 Å². The van der Waals surface area contributed by atoms with Gasteiger partial charge in [0, 0.05) is 26.3 Å². The Balaban J connectivity index is 2.13. The van der Waals surface area contributed by atoms with Crippen molar-refractivity contribution in [2.75, 3.05) is 20.2 Å². The molecule has 1 aliphatic rings. The average Bonchev–Trinajstić information content (AvgIpc) is 2.82. The third-order valence-corrected chi connectivity index (χ3v) is 5.43. The molecule has 1 atom stereocenters. The Kier molecular flexibility index (Phi) is 4.85. The lowest BCUT2D eigenvalue weighted by Crippen LogP contribution is -2.37. The maximum absolute atomic E-state index is 12.5. The molecule has 7 heteroatoms. The summed E-state index contributed by atoms with van der Waals surface area (Å²) in [5, 5.41) is 9.02. The first-order chi connectivity index (χ1) is 9.45. The van der Waals surface area contributed by atoms with Crippen LogP contribution in [0, 0.1) is 6.92 Å². The predicted molar refractivity (Wildman–Crippen MR) is 72.8 cm³/mol. The molecule has 1 fully saturated rings. The van der Waals surface area contributed by atoms with E-state index in [0.29, 0.717) is 18.9 Å². The van der Waals surface area contributed by atoms with Gasteiger partial charge in [0.25, 0.3) is 0 Å². The molecule has 0 amide bonds. The monoisotopic (exact) mass is 303 g/mol. The first-order valence-electron chi connectivity index (χ1n) is 6.73. The van der Waals surface area contributed by atoms with Crippen LogP contribution in [0.1, 0.15) is 30.8 Å². The second-order valence-electron chi connectivity index (χ2n) is 5.07. The SMILES string of the molecule is Cc1oc(CO)cc1S(=O)(=O)N(C)CC1CCCCO1. The summed E-state index contributed by atoms with van der Waals surface area (Å²) in [6.07, 6.45) is 2.94. The molecule has 0 aliphatic carbocycles. The number of likely N-dealkylation sites (N-methyl/N-ethyl adjacent to an activating group) is 1. The molecule has 2 rings (SSSR count). The van der Waals surface area contributed by atoms with Gasteiger partial charge in [-0.1, -0.05) is 0 Å². The number of furan rings is 1. The summed E-state index contributed by atoms with van der Waals surface area (Å²) < 4.78 is 37.0. The van der Waals surface area contributed by atoms with E-state index in [4.69, 9.17) is 14.3 Å². The highest BCUT2D eigenvalue weighted by molar-refractivity contribution is 7.89. The highest BCUT2D eigenvalue weighted by Gasteiger charge is 2.28. The second-order valence-corrected chi connectivity index (χ2v) is 7.08. The van der Waals surface area contributed by atoms with Gasteiger partial charge in [-0.3, -0.25) is 0 Å². The molecule has 1 aliphatic heterocycles. The van der Waals surface area contributed by atoms with Gasteiger partial charge in [-0.25, -0.2) is 8.42 Å². The van der Waals surface area contributed by atoms with Crippen LogP contribution in [-0.2, 0) is 21.4 Å². The van der Waals surface area contributed by atoms with Crippen molar-refractivity contribution >= 4 is 10.0 Å². The lowest BCUT2D eigenvalue weighted by atomic mass is 10.1. The molecule has 114 valence electrons. The topological polar surface area (TPSA) is 80.0 Å². The van der Waals surface area contributed by atoms with Crippen molar-refractivity contribution < 1.29 is 22.7 Å². The van der Waals surface area contributed by atoms with Crippen LogP contribution in [0.2, 0.25) is 0 Å². The second kappa shape index (κ2) is 6.26. The standard InChI is InChI=1S/C13H21NO5S/c1-10-13(7-12(9-15)19-10)20(16,17)14(2)8-11-5-3-4-6-18-11/h7,11,15H,3-6,8-9H2,1-2H3. The minimum atomic E-state index is -3.61. The lowest BCUT2D eigenvalue weighted by molar-refractivity contribution is 0.00858. The zero-order valence-corrected chi connectivity index (χ0v) is 12.6. The Morgan fingerprint density at radius 2 is 2.20 bits per heavy atom. The third-order valence-electron chi connectivity index (χ3n) is 3.50. The minimum absolute atomic E-state index is 0.0481. The molecule has 20 heavy (non-hydrogen) atoms. The van der Waals surface area contributed by atoms with E-state index in [1.165, 1.54) is 10.4 Å². The van der Waals surface area contributed by atoms with Gasteiger partial charge in [0.15, 0.2) is 0 Å². The van der Waals surface area contributed by atoms with Crippen LogP contribution in [0.25, 0.3) is 0 Å². The van der Waals surface area contributed by atoms with Gasteiger partial charge in [-0.05, 0) is 26.2 Å². The van der Waals surface area contributed by atoms with Crippen LogP contribution in [0.4, 0.5) is 0 Å². The van der Waals surface area contributed by atoms with Crippen molar-refractivity contribution in [1.29, 1.82) is 0 Å². The summed E-state index contributed by atoms with van der Waals surface area (Å²) >= 11 is 0. The number of rotatable bonds is 5. The van der Waals surface area contributed by atoms with Crippen LogP contribution in [0.5, 0.6) is 0 Å². The van der Waals surface area contributed by atoms with E-state index in [0.717, 1.165) is 19.3 Å². The summed E-state index contributed by atoms with van der Waals surface area (Å²) in [7, 11) is -2.07. The van der Waals surface area contributed by atoms with Crippen molar-refractivity contribution in [3.8, 4) is 0 Å². The molecule has 6 nitrogen and oxygen atoms in total. The van der Waals surface area contributed by atoms with E-state index in [1.807, 2.05) is 0 Å². The molecule has 0 saturated carbocycles. The maximum atomic E-state index is 12.5. The number of aliphatic hydroxyl groups is 1. The van der Waals surface area contributed by atoms with Crippen molar-refractivity contribution in [1.82, 2.24) is 4.31 Å². The fourth-order valence-electron chi connectivity index (χ4n) is 2.36. The third kappa shape index (κ3) is 3.22. The normalized spacial score (nSPS) is 20.5. The smallest absolute Gasteiger partial charge is 0.246 e. The van der Waals surface area contributed by atoms with Crippen LogP contribution in [-0.4, -0.2) is 44.1 Å². The molecule has 0 spiro atoms. The van der Waals surface area contributed by atoms with Crippen LogP contribution >= 0.6 is 0 Å². The molecule has 2 heterocycles. The minimum Gasteiger partial charge on any atom is -0.462 e. The molecule has 1 aromatic rings. The number of hydrogen-bond acceptors (Lipinski definition) is 5. The molecule has 0 radical (unpaired) electrons. The van der Waals surface area contributed by atoms with E-state index in [2.05, 4.69) is 0 Å². The Bertz CT molecular complexity index is 545. The molecule has 1 unspecified atom stereocenters. The van der Waals surface area contributed by atoms with Gasteiger partial charge in [-0.15, -0.1) is 0 Å². The van der Waals surface area contributed by atoms with Gasteiger partial charge >= 0.3 is 0 Å². The Hall–Kier alpha value is -0.890. The summed E-state index contributed by atoms with van der Waals surface area (Å²) in [5.41, 5.74) is 0. The highest BCUT2D eigenvalue weighted by atomic mass is 32.2. The first-order valence-corrected chi connectivity index (χ1v) is 8.17. The number of sulfonamides is 1. The first kappa shape index (κ1) is 15.5. The summed E-state index contributed by atoms with van der Waals surface area (Å²) in [6, 6.07) is 1.38. The molecule has 1 saturated heterocycles. The quantitative estimate of drug-likeness (QED) is 0.886. The van der Waals surface area contributed by atoms with Gasteiger partial charge in [0.05, 0.1) is 6.10 Å². The molecule has 1 aromatic heterocycles.